The number of amidine groups is 1. The Hall–Kier alpha value is -0.590. The van der Waals surface area contributed by atoms with Crippen LogP contribution in [0.3, 0.4) is 0 Å². The fourth-order valence-electron chi connectivity index (χ4n) is 1.22. The van der Waals surface area contributed by atoms with Crippen molar-refractivity contribution in [1.29, 1.82) is 0 Å². The van der Waals surface area contributed by atoms with Crippen LogP contribution in [0.4, 0.5) is 5.69 Å². The Labute approximate surface area is 127 Å². The first-order valence-corrected chi connectivity index (χ1v) is 7.16. The number of nitrogens with two attached hydrogens (primary N) is 1. The predicted octanol–water partition coefficient (Wildman–Crippen LogP) is 3.62. The molecule has 18 heavy (non-hydrogen) atoms. The minimum atomic E-state index is -0.458. The second kappa shape index (κ2) is 7.11. The van der Waals surface area contributed by atoms with Crippen LogP contribution in [0.1, 0.15) is 17.3 Å². The molecular formula is C11H11Br2ClN2O2. The van der Waals surface area contributed by atoms with Crippen molar-refractivity contribution in [3.63, 3.8) is 0 Å². The van der Waals surface area contributed by atoms with Crippen molar-refractivity contribution in [2.24, 2.45) is 10.7 Å². The fourth-order valence-corrected chi connectivity index (χ4v) is 2.59. The van der Waals surface area contributed by atoms with Gasteiger partial charge in [0.05, 0.1) is 23.7 Å². The van der Waals surface area contributed by atoms with Gasteiger partial charge in [-0.2, -0.15) is 0 Å². The Morgan fingerprint density at radius 2 is 2.17 bits per heavy atom. The van der Waals surface area contributed by atoms with E-state index in [4.69, 9.17) is 22.1 Å². The Morgan fingerprint density at radius 1 is 1.50 bits per heavy atom. The molecule has 0 bridgehead atoms. The number of hydrogen-bond acceptors (Lipinski definition) is 3. The number of rotatable bonds is 4. The number of benzene rings is 1. The lowest BCUT2D eigenvalue weighted by Gasteiger charge is -2.09. The summed E-state index contributed by atoms with van der Waals surface area (Å²) in [6.07, 6.45) is 0. The van der Waals surface area contributed by atoms with Crippen molar-refractivity contribution in [2.45, 2.75) is 6.92 Å². The minimum Gasteiger partial charge on any atom is -0.462 e. The maximum absolute atomic E-state index is 11.8. The van der Waals surface area contributed by atoms with E-state index >= 15 is 0 Å². The summed E-state index contributed by atoms with van der Waals surface area (Å²) in [5.41, 5.74) is 6.33. The summed E-state index contributed by atoms with van der Waals surface area (Å²) in [5, 5.41) is 0. The molecule has 0 unspecified atom stereocenters. The van der Waals surface area contributed by atoms with E-state index in [0.717, 1.165) is 4.47 Å². The number of ether oxygens (including phenoxy) is 1. The highest BCUT2D eigenvalue weighted by atomic mass is 79.9. The van der Waals surface area contributed by atoms with Crippen LogP contribution in [0.2, 0.25) is 0 Å². The lowest BCUT2D eigenvalue weighted by atomic mass is 10.2. The maximum Gasteiger partial charge on any atom is 0.340 e. The first kappa shape index (κ1) is 15.5. The smallest absolute Gasteiger partial charge is 0.340 e. The number of halogens is 3. The molecule has 0 fully saturated rings. The maximum atomic E-state index is 11.8. The lowest BCUT2D eigenvalue weighted by molar-refractivity contribution is 0.0527. The normalized spacial score (nSPS) is 11.4. The van der Waals surface area contributed by atoms with Gasteiger partial charge in [-0.05, 0) is 35.0 Å². The van der Waals surface area contributed by atoms with Gasteiger partial charge in [0, 0.05) is 8.95 Å². The number of esters is 1. The molecule has 2 N–H and O–H groups in total. The largest absolute Gasteiger partial charge is 0.462 e. The molecule has 0 heterocycles. The highest BCUT2D eigenvalue weighted by Gasteiger charge is 2.16. The second-order valence-electron chi connectivity index (χ2n) is 3.24. The lowest BCUT2D eigenvalue weighted by Crippen LogP contribution is -2.13. The Morgan fingerprint density at radius 3 is 2.72 bits per heavy atom. The van der Waals surface area contributed by atoms with Crippen molar-refractivity contribution < 1.29 is 9.53 Å². The monoisotopic (exact) mass is 396 g/mol. The van der Waals surface area contributed by atoms with Gasteiger partial charge in [-0.15, -0.1) is 11.6 Å². The molecule has 1 aromatic rings. The van der Waals surface area contributed by atoms with Gasteiger partial charge in [-0.1, -0.05) is 15.9 Å². The van der Waals surface area contributed by atoms with Crippen LogP contribution in [-0.2, 0) is 4.74 Å². The van der Waals surface area contributed by atoms with E-state index in [1.54, 1.807) is 19.1 Å². The van der Waals surface area contributed by atoms with Gasteiger partial charge in [0.1, 0.15) is 5.84 Å². The quantitative estimate of drug-likeness (QED) is 0.365. The van der Waals surface area contributed by atoms with Crippen molar-refractivity contribution in [2.75, 3.05) is 12.5 Å². The van der Waals surface area contributed by atoms with E-state index in [1.807, 2.05) is 0 Å². The molecule has 0 atom stereocenters. The van der Waals surface area contributed by atoms with Crippen molar-refractivity contribution >= 4 is 61.0 Å². The van der Waals surface area contributed by atoms with E-state index in [2.05, 4.69) is 36.9 Å². The van der Waals surface area contributed by atoms with Crippen molar-refractivity contribution in [3.8, 4) is 0 Å². The molecule has 0 amide bonds. The molecule has 4 nitrogen and oxygen atoms in total. The van der Waals surface area contributed by atoms with E-state index < -0.39 is 5.97 Å². The van der Waals surface area contributed by atoms with Gasteiger partial charge < -0.3 is 10.5 Å². The van der Waals surface area contributed by atoms with Crippen LogP contribution < -0.4 is 5.73 Å². The fraction of sp³-hybridized carbons (Fsp3) is 0.273. The van der Waals surface area contributed by atoms with E-state index in [0.29, 0.717) is 15.7 Å². The van der Waals surface area contributed by atoms with Crippen LogP contribution in [0.5, 0.6) is 0 Å². The molecule has 0 aliphatic heterocycles. The Balaban J connectivity index is 3.34. The third-order valence-electron chi connectivity index (χ3n) is 1.92. The van der Waals surface area contributed by atoms with Crippen LogP contribution in [0, 0.1) is 0 Å². The number of carbonyl (C=O) groups is 1. The molecule has 0 spiro atoms. The topological polar surface area (TPSA) is 64.7 Å². The molecule has 7 heteroatoms. The minimum absolute atomic E-state index is 0.0881. The third kappa shape index (κ3) is 3.96. The van der Waals surface area contributed by atoms with Crippen LogP contribution >= 0.6 is 43.5 Å². The molecule has 0 aliphatic rings. The zero-order valence-electron chi connectivity index (χ0n) is 9.54. The van der Waals surface area contributed by atoms with Gasteiger partial charge in [0.15, 0.2) is 0 Å². The number of hydrogen-bond donors (Lipinski definition) is 1. The molecule has 1 rings (SSSR count). The van der Waals surface area contributed by atoms with Crippen LogP contribution in [-0.4, -0.2) is 24.3 Å². The number of alkyl halides is 1. The molecule has 0 saturated carbocycles. The third-order valence-corrected chi connectivity index (χ3v) is 3.25. The summed E-state index contributed by atoms with van der Waals surface area (Å²) in [6, 6.07) is 3.40. The summed E-state index contributed by atoms with van der Waals surface area (Å²) in [5.74, 6) is -0.143. The number of carbonyl (C=O) groups excluding carboxylic acids is 1. The molecule has 0 aliphatic carbocycles. The molecule has 0 saturated heterocycles. The Bertz CT molecular complexity index is 492. The standard InChI is InChI=1S/C11H11Br2ClN2O2/c1-2-18-11(17)7-3-6(12)4-8(13)10(7)16-9(15)5-14/h3-4H,2,5H2,1H3,(H2,15,16). The SMILES string of the molecule is CCOC(=O)c1cc(Br)cc(Br)c1N=C(N)CCl. The van der Waals surface area contributed by atoms with Crippen molar-refractivity contribution in [1.82, 2.24) is 0 Å². The molecule has 0 radical (unpaired) electrons. The van der Waals surface area contributed by atoms with Crippen LogP contribution in [0.15, 0.2) is 26.1 Å². The molecule has 1 aromatic carbocycles. The summed E-state index contributed by atoms with van der Waals surface area (Å²) in [4.78, 5) is 15.9. The van der Waals surface area contributed by atoms with E-state index in [-0.39, 0.29) is 18.3 Å². The molecular weight excluding hydrogens is 387 g/mol. The second-order valence-corrected chi connectivity index (χ2v) is 5.28. The zero-order valence-corrected chi connectivity index (χ0v) is 13.5. The highest BCUT2D eigenvalue weighted by molar-refractivity contribution is 9.11. The van der Waals surface area contributed by atoms with E-state index in [1.165, 1.54) is 0 Å². The van der Waals surface area contributed by atoms with E-state index in [9.17, 15) is 4.79 Å². The molecule has 98 valence electrons. The van der Waals surface area contributed by atoms with Gasteiger partial charge in [-0.3, -0.25) is 0 Å². The van der Waals surface area contributed by atoms with Gasteiger partial charge in [0.25, 0.3) is 0 Å². The summed E-state index contributed by atoms with van der Waals surface area (Å²) >= 11 is 12.2. The van der Waals surface area contributed by atoms with Gasteiger partial charge >= 0.3 is 5.97 Å². The predicted molar refractivity (Wildman–Crippen MR) is 79.8 cm³/mol. The van der Waals surface area contributed by atoms with Gasteiger partial charge in [-0.25, -0.2) is 9.79 Å². The summed E-state index contributed by atoms with van der Waals surface area (Å²) < 4.78 is 6.34. The number of aliphatic imine (C=N–C) groups is 1. The van der Waals surface area contributed by atoms with Crippen LogP contribution in [0.25, 0.3) is 0 Å². The summed E-state index contributed by atoms with van der Waals surface area (Å²) in [7, 11) is 0. The average Bonchev–Trinajstić information content (AvgIpc) is 2.32. The zero-order chi connectivity index (χ0) is 13.7. The first-order valence-electron chi connectivity index (χ1n) is 5.04. The molecule has 0 aromatic heterocycles. The van der Waals surface area contributed by atoms with Gasteiger partial charge in [0.2, 0.25) is 0 Å². The highest BCUT2D eigenvalue weighted by Crippen LogP contribution is 2.33. The average molecular weight is 398 g/mol. The number of nitrogens with zero attached hydrogens (tertiary/aromatic N) is 1. The first-order chi connectivity index (χ1) is 8.49. The van der Waals surface area contributed by atoms with Crippen molar-refractivity contribution in [3.05, 3.63) is 26.6 Å². The Kier molecular flexibility index (Phi) is 6.11. The summed E-state index contributed by atoms with van der Waals surface area (Å²) in [6.45, 7) is 2.03.